The van der Waals surface area contributed by atoms with Gasteiger partial charge in [0.2, 0.25) is 0 Å². The fourth-order valence-electron chi connectivity index (χ4n) is 1.28. The van der Waals surface area contributed by atoms with E-state index in [0.717, 1.165) is 4.88 Å². The lowest BCUT2D eigenvalue weighted by atomic mass is 10.3. The largest absolute Gasteiger partial charge is 0.481 e. The number of carboxylic acid groups (broad SMARTS) is 1. The molecule has 0 radical (unpaired) electrons. The molecule has 0 unspecified atom stereocenters. The molecular formula is C11H16N2O3S. The summed E-state index contributed by atoms with van der Waals surface area (Å²) in [7, 11) is 1.66. The number of urea groups is 1. The quantitative estimate of drug-likeness (QED) is 0.814. The minimum absolute atomic E-state index is 0.0859. The van der Waals surface area contributed by atoms with Crippen LogP contribution in [0.1, 0.15) is 17.7 Å². The van der Waals surface area contributed by atoms with Crippen LogP contribution in [0.25, 0.3) is 0 Å². The van der Waals surface area contributed by atoms with E-state index in [1.54, 1.807) is 18.4 Å². The minimum Gasteiger partial charge on any atom is -0.481 e. The number of rotatable bonds is 6. The van der Waals surface area contributed by atoms with Crippen molar-refractivity contribution in [2.75, 3.05) is 13.6 Å². The highest BCUT2D eigenvalue weighted by Crippen LogP contribution is 2.07. The van der Waals surface area contributed by atoms with Crippen LogP contribution in [0.2, 0.25) is 0 Å². The molecule has 5 nitrogen and oxygen atoms in total. The van der Waals surface area contributed by atoms with Crippen LogP contribution in [0.4, 0.5) is 4.79 Å². The summed E-state index contributed by atoms with van der Waals surface area (Å²) in [4.78, 5) is 24.5. The summed E-state index contributed by atoms with van der Waals surface area (Å²) in [5.74, 6) is -0.836. The summed E-state index contributed by atoms with van der Waals surface area (Å²) in [6.45, 7) is 0.961. The first kappa shape index (κ1) is 13.5. The number of amides is 2. The molecule has 94 valence electrons. The van der Waals surface area contributed by atoms with Crippen molar-refractivity contribution >= 4 is 23.3 Å². The molecule has 1 aromatic rings. The van der Waals surface area contributed by atoms with Crippen LogP contribution in [0, 0.1) is 0 Å². The normalized spacial score (nSPS) is 9.94. The molecule has 0 atom stereocenters. The van der Waals surface area contributed by atoms with Gasteiger partial charge in [0.05, 0.1) is 6.54 Å². The van der Waals surface area contributed by atoms with Crippen molar-refractivity contribution in [2.24, 2.45) is 0 Å². The third-order valence-electron chi connectivity index (χ3n) is 2.22. The molecule has 1 heterocycles. The van der Waals surface area contributed by atoms with Crippen molar-refractivity contribution < 1.29 is 14.7 Å². The summed E-state index contributed by atoms with van der Waals surface area (Å²) in [6, 6.07) is 3.71. The second-order valence-corrected chi connectivity index (χ2v) is 4.69. The lowest BCUT2D eigenvalue weighted by Crippen LogP contribution is -2.37. The second-order valence-electron chi connectivity index (χ2n) is 3.66. The Morgan fingerprint density at radius 1 is 1.53 bits per heavy atom. The molecule has 2 amide bonds. The van der Waals surface area contributed by atoms with Gasteiger partial charge in [0.25, 0.3) is 0 Å². The zero-order chi connectivity index (χ0) is 12.7. The van der Waals surface area contributed by atoms with Crippen LogP contribution >= 0.6 is 11.3 Å². The minimum atomic E-state index is -0.836. The molecule has 0 saturated carbocycles. The predicted molar refractivity (Wildman–Crippen MR) is 66.1 cm³/mol. The summed E-state index contributed by atoms with van der Waals surface area (Å²) < 4.78 is 0. The summed E-state index contributed by atoms with van der Waals surface area (Å²) in [5.41, 5.74) is 0. The molecule has 17 heavy (non-hydrogen) atoms. The van der Waals surface area contributed by atoms with Gasteiger partial charge in [0.15, 0.2) is 0 Å². The molecule has 0 aliphatic carbocycles. The van der Waals surface area contributed by atoms with Gasteiger partial charge in [-0.05, 0) is 17.9 Å². The maximum atomic E-state index is 11.6. The molecule has 6 heteroatoms. The average Bonchev–Trinajstić information content (AvgIpc) is 2.78. The van der Waals surface area contributed by atoms with Crippen LogP contribution < -0.4 is 5.32 Å². The van der Waals surface area contributed by atoms with Crippen molar-refractivity contribution in [2.45, 2.75) is 19.4 Å². The third-order valence-corrected chi connectivity index (χ3v) is 3.10. The molecule has 0 aliphatic heterocycles. The Balaban J connectivity index is 2.20. The van der Waals surface area contributed by atoms with E-state index in [0.29, 0.717) is 19.5 Å². The van der Waals surface area contributed by atoms with Crippen LogP contribution in [-0.4, -0.2) is 35.6 Å². The molecular weight excluding hydrogens is 240 g/mol. The number of hydrogen-bond donors (Lipinski definition) is 2. The number of nitrogens with zero attached hydrogens (tertiary/aromatic N) is 1. The molecule has 0 aromatic carbocycles. The number of nitrogens with one attached hydrogen (secondary N) is 1. The summed E-state index contributed by atoms with van der Waals surface area (Å²) in [6.07, 6.45) is 0.556. The molecule has 0 spiro atoms. The molecule has 2 N–H and O–H groups in total. The van der Waals surface area contributed by atoms with Crippen LogP contribution in [0.3, 0.4) is 0 Å². The smallest absolute Gasteiger partial charge is 0.317 e. The van der Waals surface area contributed by atoms with Gasteiger partial charge in [-0.2, -0.15) is 0 Å². The van der Waals surface area contributed by atoms with Crippen LogP contribution in [0.5, 0.6) is 0 Å². The Kier molecular flexibility index (Phi) is 5.48. The Bertz CT molecular complexity index is 365. The Hall–Kier alpha value is -1.56. The predicted octanol–water partition coefficient (Wildman–Crippen LogP) is 1.75. The van der Waals surface area contributed by atoms with Crippen molar-refractivity contribution in [3.63, 3.8) is 0 Å². The van der Waals surface area contributed by atoms with Gasteiger partial charge in [-0.3, -0.25) is 4.79 Å². The SMILES string of the molecule is CN(CCCC(=O)O)C(=O)NCc1cccs1. The lowest BCUT2D eigenvalue weighted by Gasteiger charge is -2.17. The number of thiophene rings is 1. The molecule has 1 aromatic heterocycles. The van der Waals surface area contributed by atoms with Gasteiger partial charge in [-0.1, -0.05) is 6.07 Å². The lowest BCUT2D eigenvalue weighted by molar-refractivity contribution is -0.137. The van der Waals surface area contributed by atoms with E-state index in [1.165, 1.54) is 4.90 Å². The average molecular weight is 256 g/mol. The van der Waals surface area contributed by atoms with Crippen molar-refractivity contribution in [3.05, 3.63) is 22.4 Å². The highest BCUT2D eigenvalue weighted by molar-refractivity contribution is 7.09. The van der Waals surface area contributed by atoms with E-state index < -0.39 is 5.97 Å². The first-order valence-electron chi connectivity index (χ1n) is 5.32. The first-order chi connectivity index (χ1) is 8.09. The number of aliphatic carboxylic acids is 1. The Labute approximate surface area is 104 Å². The number of carbonyl (C=O) groups is 2. The number of carbonyl (C=O) groups excluding carboxylic acids is 1. The Morgan fingerprint density at radius 3 is 2.88 bits per heavy atom. The van der Waals surface area contributed by atoms with Gasteiger partial charge in [0, 0.05) is 24.9 Å². The zero-order valence-electron chi connectivity index (χ0n) is 9.68. The zero-order valence-corrected chi connectivity index (χ0v) is 10.5. The van der Waals surface area contributed by atoms with Crippen molar-refractivity contribution in [1.29, 1.82) is 0 Å². The highest BCUT2D eigenvalue weighted by atomic mass is 32.1. The monoisotopic (exact) mass is 256 g/mol. The van der Waals surface area contributed by atoms with Crippen LogP contribution in [0.15, 0.2) is 17.5 Å². The molecule has 0 saturated heterocycles. The fraction of sp³-hybridized carbons (Fsp3) is 0.455. The van der Waals surface area contributed by atoms with E-state index in [1.807, 2.05) is 17.5 Å². The molecule has 0 aliphatic rings. The maximum absolute atomic E-state index is 11.6. The van der Waals surface area contributed by atoms with Gasteiger partial charge in [-0.15, -0.1) is 11.3 Å². The van der Waals surface area contributed by atoms with E-state index in [4.69, 9.17) is 5.11 Å². The van der Waals surface area contributed by atoms with E-state index in [-0.39, 0.29) is 12.5 Å². The fourth-order valence-corrected chi connectivity index (χ4v) is 1.92. The molecule has 0 fully saturated rings. The molecule has 1 rings (SSSR count). The van der Waals surface area contributed by atoms with Crippen LogP contribution in [-0.2, 0) is 11.3 Å². The highest BCUT2D eigenvalue weighted by Gasteiger charge is 2.08. The number of hydrogen-bond acceptors (Lipinski definition) is 3. The molecule has 0 bridgehead atoms. The topological polar surface area (TPSA) is 69.6 Å². The first-order valence-corrected chi connectivity index (χ1v) is 6.20. The van der Waals surface area contributed by atoms with E-state index in [2.05, 4.69) is 5.32 Å². The number of carboxylic acids is 1. The third kappa shape index (κ3) is 5.35. The summed E-state index contributed by atoms with van der Waals surface area (Å²) >= 11 is 1.59. The van der Waals surface area contributed by atoms with Gasteiger partial charge in [0.1, 0.15) is 0 Å². The van der Waals surface area contributed by atoms with Gasteiger partial charge in [-0.25, -0.2) is 4.79 Å². The van der Waals surface area contributed by atoms with Crippen molar-refractivity contribution in [1.82, 2.24) is 10.2 Å². The standard InChI is InChI=1S/C11H16N2O3S/c1-13(6-2-5-10(14)15)11(16)12-8-9-4-3-7-17-9/h3-4,7H,2,5-6,8H2,1H3,(H,12,16)(H,14,15). The van der Waals surface area contributed by atoms with E-state index >= 15 is 0 Å². The summed E-state index contributed by atoms with van der Waals surface area (Å²) in [5, 5.41) is 13.2. The van der Waals surface area contributed by atoms with Crippen molar-refractivity contribution in [3.8, 4) is 0 Å². The van der Waals surface area contributed by atoms with E-state index in [9.17, 15) is 9.59 Å². The van der Waals surface area contributed by atoms with Gasteiger partial charge < -0.3 is 15.3 Å². The Morgan fingerprint density at radius 2 is 2.29 bits per heavy atom. The second kappa shape index (κ2) is 6.90. The van der Waals surface area contributed by atoms with Gasteiger partial charge >= 0.3 is 12.0 Å². The maximum Gasteiger partial charge on any atom is 0.317 e.